The number of hydrogen-bond donors (Lipinski definition) is 2. The number of amides is 1. The normalized spacial score (nSPS) is 14.8. The second kappa shape index (κ2) is 15.9. The van der Waals surface area contributed by atoms with Crippen molar-refractivity contribution in [2.24, 2.45) is 5.41 Å². The Morgan fingerprint density at radius 1 is 1.08 bits per heavy atom. The number of carbonyl (C=O) groups is 3. The van der Waals surface area contributed by atoms with E-state index in [4.69, 9.17) is 40.8 Å². The quantitative estimate of drug-likeness (QED) is 0.0445. The van der Waals surface area contributed by atoms with E-state index < -0.39 is 29.2 Å². The molecule has 1 aliphatic rings. The van der Waals surface area contributed by atoms with E-state index in [1.54, 1.807) is 38.1 Å². The van der Waals surface area contributed by atoms with Crippen LogP contribution in [0.25, 0.3) is 0 Å². The summed E-state index contributed by atoms with van der Waals surface area (Å²) in [6.45, 7) is 4.56. The van der Waals surface area contributed by atoms with Crippen molar-refractivity contribution in [3.05, 3.63) is 47.7 Å². The molecule has 2 N–H and O–H groups in total. The van der Waals surface area contributed by atoms with E-state index >= 15 is 0 Å². The first kappa shape index (κ1) is 30.1. The SMILES string of the molecule is CCOC(=O)/C=C(/ON(C(=N)C1(COCCCl)CCNCC1)C(=O)OCc1ccccc1)C(=O)OCC. The molecule has 0 unspecified atom stereocenters. The van der Waals surface area contributed by atoms with Gasteiger partial charge in [0.2, 0.25) is 5.76 Å². The summed E-state index contributed by atoms with van der Waals surface area (Å²) in [5, 5.41) is 12.8. The molecule has 0 saturated carbocycles. The van der Waals surface area contributed by atoms with Crippen molar-refractivity contribution in [2.45, 2.75) is 33.3 Å². The number of piperidine rings is 1. The maximum Gasteiger partial charge on any atom is 0.449 e. The zero-order valence-electron chi connectivity index (χ0n) is 21.1. The first-order valence-electron chi connectivity index (χ1n) is 12.0. The number of amidine groups is 1. The standard InChI is InChI=1S/C25H34ClN3O8/c1-3-34-21(30)16-20(22(31)35-4-2)37-29(24(32)36-17-19-8-6-5-7-9-19)23(27)25(18-33-15-12-26)10-13-28-14-11-25/h5-9,16,27-28H,3-4,10-15,17-18H2,1-2H3/b20-16+,27-23?. The van der Waals surface area contributed by atoms with Crippen molar-refractivity contribution < 1.29 is 38.2 Å². The Morgan fingerprint density at radius 2 is 1.76 bits per heavy atom. The summed E-state index contributed by atoms with van der Waals surface area (Å²) in [5.74, 6) is -2.55. The maximum atomic E-state index is 13.3. The summed E-state index contributed by atoms with van der Waals surface area (Å²) in [5.41, 5.74) is -0.246. The van der Waals surface area contributed by atoms with Crippen molar-refractivity contribution in [2.75, 3.05) is 45.4 Å². The number of ether oxygens (including phenoxy) is 4. The van der Waals surface area contributed by atoms with E-state index in [0.29, 0.717) is 36.6 Å². The number of esters is 2. The van der Waals surface area contributed by atoms with Gasteiger partial charge in [0, 0.05) is 5.88 Å². The van der Waals surface area contributed by atoms with Crippen molar-refractivity contribution in [3.8, 4) is 0 Å². The van der Waals surface area contributed by atoms with Gasteiger partial charge in [-0.05, 0) is 45.3 Å². The maximum absolute atomic E-state index is 13.3. The minimum absolute atomic E-state index is 0.0138. The second-order valence-electron chi connectivity index (χ2n) is 8.03. The number of benzene rings is 1. The summed E-state index contributed by atoms with van der Waals surface area (Å²) in [4.78, 5) is 43.6. The number of carbonyl (C=O) groups excluding carboxylic acids is 3. The molecular formula is C25H34ClN3O8. The molecule has 0 aliphatic carbocycles. The molecule has 1 aromatic carbocycles. The Morgan fingerprint density at radius 3 is 2.38 bits per heavy atom. The average molecular weight is 540 g/mol. The molecule has 0 radical (unpaired) electrons. The van der Waals surface area contributed by atoms with Gasteiger partial charge in [0.15, 0.2) is 5.84 Å². The largest absolute Gasteiger partial charge is 0.463 e. The van der Waals surface area contributed by atoms with Crippen LogP contribution in [0.2, 0.25) is 0 Å². The molecule has 2 rings (SSSR count). The number of hydroxylamine groups is 2. The third-order valence-corrected chi connectivity index (χ3v) is 5.59. The van der Waals surface area contributed by atoms with Gasteiger partial charge >= 0.3 is 18.0 Å². The molecule has 0 spiro atoms. The molecule has 0 bridgehead atoms. The van der Waals surface area contributed by atoms with Crippen LogP contribution in [0.3, 0.4) is 0 Å². The van der Waals surface area contributed by atoms with Crippen LogP contribution in [0.5, 0.6) is 0 Å². The fourth-order valence-corrected chi connectivity index (χ4v) is 3.67. The van der Waals surface area contributed by atoms with E-state index in [1.165, 1.54) is 0 Å². The average Bonchev–Trinajstić information content (AvgIpc) is 2.91. The Balaban J connectivity index is 2.40. The number of nitrogens with zero attached hydrogens (tertiary/aromatic N) is 1. The number of rotatable bonds is 13. The van der Waals surface area contributed by atoms with Crippen LogP contribution in [0.1, 0.15) is 32.3 Å². The number of halogens is 1. The highest BCUT2D eigenvalue weighted by atomic mass is 35.5. The lowest BCUT2D eigenvalue weighted by Crippen LogP contribution is -2.53. The molecule has 1 heterocycles. The smallest absolute Gasteiger partial charge is 0.449 e. The van der Waals surface area contributed by atoms with Gasteiger partial charge in [0.1, 0.15) is 6.61 Å². The highest BCUT2D eigenvalue weighted by molar-refractivity contribution is 6.17. The van der Waals surface area contributed by atoms with Crippen LogP contribution < -0.4 is 5.32 Å². The first-order valence-corrected chi connectivity index (χ1v) is 12.6. The Hall–Kier alpha value is -3.15. The third kappa shape index (κ3) is 9.34. The fraction of sp³-hybridized carbons (Fsp3) is 0.520. The molecule has 11 nitrogen and oxygen atoms in total. The lowest BCUT2D eigenvalue weighted by atomic mass is 9.78. The van der Waals surface area contributed by atoms with Gasteiger partial charge in [0.05, 0.1) is 37.9 Å². The van der Waals surface area contributed by atoms with Crippen LogP contribution >= 0.6 is 11.6 Å². The van der Waals surface area contributed by atoms with E-state index in [-0.39, 0.29) is 44.8 Å². The molecule has 1 saturated heterocycles. The van der Waals surface area contributed by atoms with Crippen molar-refractivity contribution in [1.82, 2.24) is 10.4 Å². The highest BCUT2D eigenvalue weighted by Crippen LogP contribution is 2.33. The van der Waals surface area contributed by atoms with Crippen LogP contribution in [-0.2, 0) is 40.0 Å². The summed E-state index contributed by atoms with van der Waals surface area (Å²) in [6.07, 6.45) is 0.598. The van der Waals surface area contributed by atoms with Gasteiger partial charge < -0.3 is 29.1 Å². The minimum Gasteiger partial charge on any atom is -0.463 e. The summed E-state index contributed by atoms with van der Waals surface area (Å²) < 4.78 is 21.0. The molecule has 0 aromatic heterocycles. The zero-order valence-corrected chi connectivity index (χ0v) is 21.9. The highest BCUT2D eigenvalue weighted by Gasteiger charge is 2.44. The van der Waals surface area contributed by atoms with Crippen LogP contribution in [0, 0.1) is 10.8 Å². The van der Waals surface area contributed by atoms with Gasteiger partial charge in [-0.2, -0.15) is 0 Å². The van der Waals surface area contributed by atoms with E-state index in [1.807, 2.05) is 6.07 Å². The Labute approximate surface area is 221 Å². The summed E-state index contributed by atoms with van der Waals surface area (Å²) >= 11 is 5.76. The lowest BCUT2D eigenvalue weighted by molar-refractivity contribution is -0.151. The molecule has 37 heavy (non-hydrogen) atoms. The summed E-state index contributed by atoms with van der Waals surface area (Å²) in [6, 6.07) is 8.94. The fourth-order valence-electron chi connectivity index (χ4n) is 3.56. The van der Waals surface area contributed by atoms with Gasteiger partial charge in [-0.25, -0.2) is 14.4 Å². The predicted molar refractivity (Wildman–Crippen MR) is 135 cm³/mol. The first-order chi connectivity index (χ1) is 17.9. The molecule has 1 fully saturated rings. The minimum atomic E-state index is -1.05. The Bertz CT molecular complexity index is 935. The number of nitrogens with one attached hydrogen (secondary N) is 2. The van der Waals surface area contributed by atoms with Crippen molar-refractivity contribution in [1.29, 1.82) is 5.41 Å². The van der Waals surface area contributed by atoms with Crippen molar-refractivity contribution in [3.63, 3.8) is 0 Å². The van der Waals surface area contributed by atoms with Gasteiger partial charge in [-0.1, -0.05) is 35.4 Å². The number of hydrogen-bond acceptors (Lipinski definition) is 10. The molecule has 1 amide bonds. The molecule has 1 aromatic rings. The zero-order chi connectivity index (χ0) is 27.1. The van der Waals surface area contributed by atoms with Gasteiger partial charge in [-0.15, -0.1) is 11.6 Å². The topological polar surface area (TPSA) is 136 Å². The number of alkyl halides is 1. The Kier molecular flexibility index (Phi) is 12.9. The predicted octanol–water partition coefficient (Wildman–Crippen LogP) is 3.17. The van der Waals surface area contributed by atoms with Crippen molar-refractivity contribution >= 4 is 35.5 Å². The molecule has 12 heteroatoms. The molecule has 204 valence electrons. The molecular weight excluding hydrogens is 506 g/mol. The molecule has 0 atom stereocenters. The van der Waals surface area contributed by atoms with E-state index in [2.05, 4.69) is 5.32 Å². The molecule has 1 aliphatic heterocycles. The van der Waals surface area contributed by atoms with Crippen LogP contribution in [0.4, 0.5) is 4.79 Å². The van der Waals surface area contributed by atoms with E-state index in [0.717, 1.165) is 6.08 Å². The second-order valence-corrected chi connectivity index (χ2v) is 8.41. The lowest BCUT2D eigenvalue weighted by Gasteiger charge is -2.40. The van der Waals surface area contributed by atoms with Crippen LogP contribution in [0.15, 0.2) is 42.2 Å². The third-order valence-electron chi connectivity index (χ3n) is 5.44. The monoisotopic (exact) mass is 539 g/mol. The summed E-state index contributed by atoms with van der Waals surface area (Å²) in [7, 11) is 0. The van der Waals surface area contributed by atoms with E-state index in [9.17, 15) is 14.4 Å². The van der Waals surface area contributed by atoms with Gasteiger partial charge in [-0.3, -0.25) is 5.41 Å². The van der Waals surface area contributed by atoms with Crippen LogP contribution in [-0.4, -0.2) is 74.3 Å². The van der Waals surface area contributed by atoms with Gasteiger partial charge in [0.25, 0.3) is 0 Å².